The number of hydrogen-bond donors (Lipinski definition) is 3. The van der Waals surface area contributed by atoms with Crippen molar-refractivity contribution >= 4 is 23.2 Å². The summed E-state index contributed by atoms with van der Waals surface area (Å²) in [4.78, 5) is 22.6. The van der Waals surface area contributed by atoms with Gasteiger partial charge in [0.05, 0.1) is 0 Å². The minimum Gasteiger partial charge on any atom is -0.386 e. The summed E-state index contributed by atoms with van der Waals surface area (Å²) in [5.41, 5.74) is 0. The molecule has 0 saturated heterocycles. The van der Waals surface area contributed by atoms with Gasteiger partial charge in [0.15, 0.2) is 0 Å². The highest BCUT2D eigenvalue weighted by Crippen LogP contribution is 2.17. The Bertz CT molecular complexity index is 337. The third-order valence-corrected chi connectivity index (χ3v) is 2.73. The van der Waals surface area contributed by atoms with Gasteiger partial charge in [0.2, 0.25) is 0 Å². The van der Waals surface area contributed by atoms with Crippen LogP contribution in [0.25, 0.3) is 0 Å². The standard InChI is InChI=1S/C9H12N2O3S/c1-10-8(13)9(14)11-5-6(12)7-3-2-4-15-7/h2-4,6,12H,5H2,1H3,(H,10,13)(H,11,14). The molecule has 15 heavy (non-hydrogen) atoms. The molecule has 0 radical (unpaired) electrons. The first-order chi connectivity index (χ1) is 7.15. The molecule has 1 heterocycles. The van der Waals surface area contributed by atoms with Gasteiger partial charge >= 0.3 is 11.8 Å². The number of likely N-dealkylation sites (N-methyl/N-ethyl adjacent to an activating group) is 1. The van der Waals surface area contributed by atoms with Gasteiger partial charge in [-0.25, -0.2) is 0 Å². The van der Waals surface area contributed by atoms with Crippen LogP contribution in [0.1, 0.15) is 11.0 Å². The molecule has 5 nitrogen and oxygen atoms in total. The Balaban J connectivity index is 2.38. The van der Waals surface area contributed by atoms with Crippen molar-refractivity contribution in [2.75, 3.05) is 13.6 Å². The fourth-order valence-electron chi connectivity index (χ4n) is 0.965. The molecule has 3 N–H and O–H groups in total. The van der Waals surface area contributed by atoms with Crippen molar-refractivity contribution < 1.29 is 14.7 Å². The zero-order chi connectivity index (χ0) is 11.3. The Kier molecular flexibility index (Phi) is 4.26. The Hall–Kier alpha value is -1.40. The Morgan fingerprint density at radius 3 is 2.80 bits per heavy atom. The number of aliphatic hydroxyl groups is 1. The lowest BCUT2D eigenvalue weighted by Crippen LogP contribution is -2.39. The van der Waals surface area contributed by atoms with Gasteiger partial charge in [0.25, 0.3) is 0 Å². The van der Waals surface area contributed by atoms with Crippen LogP contribution >= 0.6 is 11.3 Å². The van der Waals surface area contributed by atoms with E-state index in [-0.39, 0.29) is 6.54 Å². The van der Waals surface area contributed by atoms with E-state index in [0.29, 0.717) is 0 Å². The van der Waals surface area contributed by atoms with Crippen molar-refractivity contribution in [3.05, 3.63) is 22.4 Å². The van der Waals surface area contributed by atoms with Gasteiger partial charge in [0.1, 0.15) is 6.10 Å². The van der Waals surface area contributed by atoms with Crippen molar-refractivity contribution in [3.63, 3.8) is 0 Å². The first kappa shape index (κ1) is 11.7. The summed E-state index contributed by atoms with van der Waals surface area (Å²) < 4.78 is 0. The molecule has 6 heteroatoms. The van der Waals surface area contributed by atoms with E-state index in [2.05, 4.69) is 10.6 Å². The maximum atomic E-state index is 11.0. The van der Waals surface area contributed by atoms with Crippen LogP contribution in [0.3, 0.4) is 0 Å². The molecule has 0 aliphatic heterocycles. The number of carbonyl (C=O) groups excluding carboxylic acids is 2. The number of rotatable bonds is 3. The van der Waals surface area contributed by atoms with E-state index in [0.717, 1.165) is 4.88 Å². The topological polar surface area (TPSA) is 78.4 Å². The molecular weight excluding hydrogens is 216 g/mol. The van der Waals surface area contributed by atoms with Gasteiger partial charge in [-0.05, 0) is 11.4 Å². The minimum atomic E-state index is -0.765. The molecule has 82 valence electrons. The molecule has 1 atom stereocenters. The molecule has 0 saturated carbocycles. The van der Waals surface area contributed by atoms with Crippen molar-refractivity contribution in [2.45, 2.75) is 6.10 Å². The van der Waals surface area contributed by atoms with E-state index >= 15 is 0 Å². The molecule has 2 amide bonds. The van der Waals surface area contributed by atoms with Crippen LogP contribution in [0.15, 0.2) is 17.5 Å². The van der Waals surface area contributed by atoms with Crippen LogP contribution in [0.4, 0.5) is 0 Å². The smallest absolute Gasteiger partial charge is 0.309 e. The first-order valence-electron chi connectivity index (χ1n) is 4.36. The summed E-state index contributed by atoms with van der Waals surface area (Å²) in [7, 11) is 1.37. The largest absolute Gasteiger partial charge is 0.386 e. The molecule has 0 aromatic carbocycles. The number of nitrogens with one attached hydrogen (secondary N) is 2. The number of carbonyl (C=O) groups is 2. The Morgan fingerprint density at radius 1 is 1.53 bits per heavy atom. The fraction of sp³-hybridized carbons (Fsp3) is 0.333. The van der Waals surface area contributed by atoms with Crippen molar-refractivity contribution in [1.82, 2.24) is 10.6 Å². The van der Waals surface area contributed by atoms with Gasteiger partial charge in [-0.15, -0.1) is 11.3 Å². The minimum absolute atomic E-state index is 0.0345. The van der Waals surface area contributed by atoms with Crippen molar-refractivity contribution in [2.24, 2.45) is 0 Å². The average molecular weight is 228 g/mol. The average Bonchev–Trinajstić information content (AvgIpc) is 2.77. The van der Waals surface area contributed by atoms with Crippen LogP contribution in [-0.4, -0.2) is 30.5 Å². The highest BCUT2D eigenvalue weighted by molar-refractivity contribution is 7.10. The lowest BCUT2D eigenvalue weighted by Gasteiger charge is -2.09. The molecule has 0 fully saturated rings. The summed E-state index contributed by atoms with van der Waals surface area (Å²) in [5.74, 6) is -1.46. The van der Waals surface area contributed by atoms with Gasteiger partial charge in [-0.3, -0.25) is 9.59 Å². The molecule has 0 bridgehead atoms. The highest BCUT2D eigenvalue weighted by Gasteiger charge is 2.14. The van der Waals surface area contributed by atoms with E-state index in [4.69, 9.17) is 0 Å². The molecule has 1 rings (SSSR count). The van der Waals surface area contributed by atoms with Gasteiger partial charge in [-0.2, -0.15) is 0 Å². The third kappa shape index (κ3) is 3.34. The molecule has 0 aliphatic carbocycles. The summed E-state index contributed by atoms with van der Waals surface area (Å²) in [6, 6.07) is 3.57. The van der Waals surface area contributed by atoms with Crippen LogP contribution in [-0.2, 0) is 9.59 Å². The quantitative estimate of drug-likeness (QED) is 0.618. The normalized spacial score (nSPS) is 11.9. The van der Waals surface area contributed by atoms with E-state index in [1.165, 1.54) is 18.4 Å². The zero-order valence-electron chi connectivity index (χ0n) is 8.19. The van der Waals surface area contributed by atoms with E-state index in [1.54, 1.807) is 6.07 Å². The molecule has 1 aromatic rings. The molecule has 0 aliphatic rings. The molecule has 1 unspecified atom stereocenters. The monoisotopic (exact) mass is 228 g/mol. The molecule has 0 spiro atoms. The van der Waals surface area contributed by atoms with E-state index in [9.17, 15) is 14.7 Å². The number of thiophene rings is 1. The van der Waals surface area contributed by atoms with E-state index < -0.39 is 17.9 Å². The molecule has 1 aromatic heterocycles. The van der Waals surface area contributed by atoms with Gasteiger partial charge in [-0.1, -0.05) is 6.07 Å². The number of hydrogen-bond acceptors (Lipinski definition) is 4. The predicted molar refractivity (Wildman–Crippen MR) is 56.4 cm³/mol. The highest BCUT2D eigenvalue weighted by atomic mass is 32.1. The second kappa shape index (κ2) is 5.47. The Labute approximate surface area is 91.1 Å². The SMILES string of the molecule is CNC(=O)C(=O)NCC(O)c1cccs1. The predicted octanol–water partition coefficient (Wildman–Crippen LogP) is -0.356. The van der Waals surface area contributed by atoms with E-state index in [1.807, 2.05) is 11.4 Å². The number of amides is 2. The maximum Gasteiger partial charge on any atom is 0.309 e. The molecular formula is C9H12N2O3S. The first-order valence-corrected chi connectivity index (χ1v) is 5.24. The van der Waals surface area contributed by atoms with Gasteiger partial charge < -0.3 is 15.7 Å². The van der Waals surface area contributed by atoms with Crippen molar-refractivity contribution in [1.29, 1.82) is 0 Å². The second-order valence-electron chi connectivity index (χ2n) is 2.82. The Morgan fingerprint density at radius 2 is 2.27 bits per heavy atom. The maximum absolute atomic E-state index is 11.0. The van der Waals surface area contributed by atoms with Crippen LogP contribution < -0.4 is 10.6 Å². The van der Waals surface area contributed by atoms with Crippen LogP contribution in [0.2, 0.25) is 0 Å². The lowest BCUT2D eigenvalue weighted by molar-refractivity contribution is -0.139. The lowest BCUT2D eigenvalue weighted by atomic mass is 10.3. The zero-order valence-corrected chi connectivity index (χ0v) is 9.00. The third-order valence-electron chi connectivity index (χ3n) is 1.76. The summed E-state index contributed by atoms with van der Waals surface area (Å²) >= 11 is 1.39. The van der Waals surface area contributed by atoms with Crippen LogP contribution in [0, 0.1) is 0 Å². The van der Waals surface area contributed by atoms with Crippen molar-refractivity contribution in [3.8, 4) is 0 Å². The summed E-state index contributed by atoms with van der Waals surface area (Å²) in [6.07, 6.45) is -0.765. The number of aliphatic hydroxyl groups excluding tert-OH is 1. The summed E-state index contributed by atoms with van der Waals surface area (Å²) in [5, 5.41) is 15.9. The fourth-order valence-corrected chi connectivity index (χ4v) is 1.68. The van der Waals surface area contributed by atoms with Crippen LogP contribution in [0.5, 0.6) is 0 Å². The van der Waals surface area contributed by atoms with Gasteiger partial charge in [0, 0.05) is 18.5 Å². The summed E-state index contributed by atoms with van der Waals surface area (Å²) in [6.45, 7) is 0.0345. The second-order valence-corrected chi connectivity index (χ2v) is 3.80.